The summed E-state index contributed by atoms with van der Waals surface area (Å²) < 4.78 is 4.67. The number of anilines is 1. The van der Waals surface area contributed by atoms with Crippen molar-refractivity contribution < 1.29 is 19.1 Å². The Hall–Kier alpha value is -2.37. The quantitative estimate of drug-likeness (QED) is 0.623. The molecule has 1 heterocycles. The maximum atomic E-state index is 11.5. The van der Waals surface area contributed by atoms with E-state index in [0.717, 1.165) is 0 Å². The van der Waals surface area contributed by atoms with E-state index in [1.54, 1.807) is 18.2 Å². The van der Waals surface area contributed by atoms with E-state index in [1.807, 2.05) is 6.92 Å². The van der Waals surface area contributed by atoms with Gasteiger partial charge in [-0.05, 0) is 24.6 Å². The molecule has 6 nitrogen and oxygen atoms in total. The van der Waals surface area contributed by atoms with Crippen LogP contribution in [0.5, 0.6) is 0 Å². The number of carbonyl (C=O) groups excluding carboxylic acids is 3. The molecular formula is C13H14N2O4. The van der Waals surface area contributed by atoms with E-state index in [9.17, 15) is 14.4 Å². The largest absolute Gasteiger partial charge is 0.467 e. The van der Waals surface area contributed by atoms with Crippen LogP contribution < -0.4 is 10.6 Å². The molecule has 0 radical (unpaired) electrons. The van der Waals surface area contributed by atoms with E-state index in [1.165, 1.54) is 7.11 Å². The molecule has 0 saturated heterocycles. The number of rotatable bonds is 4. The highest BCUT2D eigenvalue weighted by molar-refractivity contribution is 6.21. The fourth-order valence-electron chi connectivity index (χ4n) is 1.93. The third-order valence-corrected chi connectivity index (χ3v) is 2.97. The molecule has 0 aromatic heterocycles. The standard InChI is InChI=1S/C13H14N2O4/c1-3-10(13(18)19-2)14-7-4-5-8-9(6-7)12(17)15-11(8)16/h4-6,10,14H,3H2,1-2H3,(H,15,16,17). The van der Waals surface area contributed by atoms with Gasteiger partial charge in [-0.3, -0.25) is 14.9 Å². The molecule has 0 saturated carbocycles. The zero-order valence-corrected chi connectivity index (χ0v) is 10.6. The van der Waals surface area contributed by atoms with Gasteiger partial charge in [0.05, 0.1) is 18.2 Å². The van der Waals surface area contributed by atoms with Gasteiger partial charge in [0.1, 0.15) is 6.04 Å². The summed E-state index contributed by atoms with van der Waals surface area (Å²) >= 11 is 0. The highest BCUT2D eigenvalue weighted by Crippen LogP contribution is 2.21. The smallest absolute Gasteiger partial charge is 0.328 e. The van der Waals surface area contributed by atoms with E-state index < -0.39 is 17.9 Å². The van der Waals surface area contributed by atoms with Crippen LogP contribution in [0.4, 0.5) is 5.69 Å². The van der Waals surface area contributed by atoms with E-state index in [4.69, 9.17) is 0 Å². The number of hydrogen-bond acceptors (Lipinski definition) is 5. The third-order valence-electron chi connectivity index (χ3n) is 2.97. The minimum absolute atomic E-state index is 0.315. The first-order chi connectivity index (χ1) is 9.06. The van der Waals surface area contributed by atoms with Crippen molar-refractivity contribution >= 4 is 23.5 Å². The van der Waals surface area contributed by atoms with Crippen molar-refractivity contribution in [3.8, 4) is 0 Å². The Bertz CT molecular complexity index is 554. The van der Waals surface area contributed by atoms with Crippen LogP contribution in [0.2, 0.25) is 0 Å². The van der Waals surface area contributed by atoms with Gasteiger partial charge in [-0.15, -0.1) is 0 Å². The summed E-state index contributed by atoms with van der Waals surface area (Å²) in [5, 5.41) is 5.19. The number of fused-ring (bicyclic) bond motifs is 1. The fourth-order valence-corrected chi connectivity index (χ4v) is 1.93. The Morgan fingerprint density at radius 3 is 2.63 bits per heavy atom. The zero-order valence-electron chi connectivity index (χ0n) is 10.6. The number of imide groups is 1. The topological polar surface area (TPSA) is 84.5 Å². The minimum atomic E-state index is -0.483. The fraction of sp³-hybridized carbons (Fsp3) is 0.308. The average molecular weight is 262 g/mol. The molecule has 0 spiro atoms. The SMILES string of the molecule is CCC(Nc1ccc2c(c1)C(=O)NC2=O)C(=O)OC. The molecule has 2 amide bonds. The van der Waals surface area contributed by atoms with Crippen LogP contribution in [-0.4, -0.2) is 30.9 Å². The zero-order chi connectivity index (χ0) is 14.0. The molecule has 1 atom stereocenters. The molecule has 0 aliphatic carbocycles. The number of hydrogen-bond donors (Lipinski definition) is 2. The summed E-state index contributed by atoms with van der Waals surface area (Å²) in [6.07, 6.45) is 0.550. The Labute approximate surface area is 110 Å². The number of ether oxygens (including phenoxy) is 1. The second-order valence-electron chi connectivity index (χ2n) is 4.17. The molecule has 1 unspecified atom stereocenters. The highest BCUT2D eigenvalue weighted by Gasteiger charge is 2.27. The highest BCUT2D eigenvalue weighted by atomic mass is 16.5. The summed E-state index contributed by atoms with van der Waals surface area (Å²) in [6.45, 7) is 1.85. The van der Waals surface area contributed by atoms with Gasteiger partial charge in [0, 0.05) is 5.69 Å². The summed E-state index contributed by atoms with van der Waals surface area (Å²) in [6, 6.07) is 4.29. The van der Waals surface area contributed by atoms with E-state index in [2.05, 4.69) is 15.4 Å². The predicted molar refractivity (Wildman–Crippen MR) is 68.0 cm³/mol. The van der Waals surface area contributed by atoms with Crippen LogP contribution in [0.3, 0.4) is 0 Å². The first-order valence-electron chi connectivity index (χ1n) is 5.91. The number of amides is 2. The summed E-state index contributed by atoms with van der Waals surface area (Å²) in [7, 11) is 1.32. The van der Waals surface area contributed by atoms with Crippen molar-refractivity contribution in [3.63, 3.8) is 0 Å². The van der Waals surface area contributed by atoms with Gasteiger partial charge in [0.2, 0.25) is 0 Å². The van der Waals surface area contributed by atoms with Crippen LogP contribution in [0.1, 0.15) is 34.1 Å². The van der Waals surface area contributed by atoms with E-state index in [0.29, 0.717) is 23.2 Å². The van der Waals surface area contributed by atoms with E-state index >= 15 is 0 Å². The molecular weight excluding hydrogens is 248 g/mol. The minimum Gasteiger partial charge on any atom is -0.467 e. The van der Waals surface area contributed by atoms with Crippen molar-refractivity contribution in [2.24, 2.45) is 0 Å². The number of esters is 1. The number of benzene rings is 1. The lowest BCUT2D eigenvalue weighted by Crippen LogP contribution is -2.29. The molecule has 2 N–H and O–H groups in total. The van der Waals surface area contributed by atoms with Crippen molar-refractivity contribution in [3.05, 3.63) is 29.3 Å². The monoisotopic (exact) mass is 262 g/mol. The van der Waals surface area contributed by atoms with E-state index in [-0.39, 0.29) is 5.97 Å². The summed E-state index contributed by atoms with van der Waals surface area (Å²) in [5.74, 6) is -1.19. The molecule has 1 aliphatic rings. The Morgan fingerprint density at radius 1 is 1.32 bits per heavy atom. The molecule has 0 bridgehead atoms. The van der Waals surface area contributed by atoms with Gasteiger partial charge < -0.3 is 10.1 Å². The van der Waals surface area contributed by atoms with Gasteiger partial charge in [-0.2, -0.15) is 0 Å². The van der Waals surface area contributed by atoms with Crippen molar-refractivity contribution in [1.29, 1.82) is 0 Å². The summed E-state index contributed by atoms with van der Waals surface area (Å²) in [4.78, 5) is 34.4. The molecule has 1 aliphatic heterocycles. The van der Waals surface area contributed by atoms with Crippen molar-refractivity contribution in [1.82, 2.24) is 5.32 Å². The van der Waals surface area contributed by atoms with Gasteiger partial charge in [0.15, 0.2) is 0 Å². The number of nitrogens with one attached hydrogen (secondary N) is 2. The lowest BCUT2D eigenvalue weighted by molar-refractivity contribution is -0.141. The molecule has 2 rings (SSSR count). The van der Waals surface area contributed by atoms with Gasteiger partial charge >= 0.3 is 5.97 Å². The first kappa shape index (κ1) is 13.1. The van der Waals surface area contributed by atoms with Crippen LogP contribution in [-0.2, 0) is 9.53 Å². The second-order valence-corrected chi connectivity index (χ2v) is 4.17. The molecule has 0 fully saturated rings. The van der Waals surface area contributed by atoms with Gasteiger partial charge in [-0.25, -0.2) is 4.79 Å². The predicted octanol–water partition coefficient (Wildman–Crippen LogP) is 0.934. The Morgan fingerprint density at radius 2 is 2.00 bits per heavy atom. The van der Waals surface area contributed by atoms with Crippen LogP contribution in [0.25, 0.3) is 0 Å². The van der Waals surface area contributed by atoms with Crippen LogP contribution in [0.15, 0.2) is 18.2 Å². The second kappa shape index (κ2) is 5.09. The van der Waals surface area contributed by atoms with Crippen LogP contribution >= 0.6 is 0 Å². The Kier molecular flexibility index (Phi) is 3.50. The van der Waals surface area contributed by atoms with Gasteiger partial charge in [0.25, 0.3) is 11.8 Å². The lowest BCUT2D eigenvalue weighted by Gasteiger charge is -2.16. The maximum absolute atomic E-state index is 11.5. The normalized spacial score (nSPS) is 14.6. The molecule has 19 heavy (non-hydrogen) atoms. The van der Waals surface area contributed by atoms with Gasteiger partial charge in [-0.1, -0.05) is 6.92 Å². The van der Waals surface area contributed by atoms with Crippen LogP contribution in [0, 0.1) is 0 Å². The number of methoxy groups -OCH3 is 1. The first-order valence-corrected chi connectivity index (χ1v) is 5.91. The van der Waals surface area contributed by atoms with Crippen molar-refractivity contribution in [2.45, 2.75) is 19.4 Å². The van der Waals surface area contributed by atoms with Crippen molar-refractivity contribution in [2.75, 3.05) is 12.4 Å². The molecule has 1 aromatic carbocycles. The Balaban J connectivity index is 2.24. The summed E-state index contributed by atoms with van der Waals surface area (Å²) in [5.41, 5.74) is 1.26. The molecule has 6 heteroatoms. The molecule has 1 aromatic rings. The molecule has 100 valence electrons. The maximum Gasteiger partial charge on any atom is 0.328 e. The third kappa shape index (κ3) is 2.42. The average Bonchev–Trinajstić information content (AvgIpc) is 2.70. The lowest BCUT2D eigenvalue weighted by atomic mass is 10.1. The number of carbonyl (C=O) groups is 3.